The summed E-state index contributed by atoms with van der Waals surface area (Å²) in [6.45, 7) is 6.38. The van der Waals surface area contributed by atoms with E-state index in [1.54, 1.807) is 0 Å². The average molecular weight is 150 g/mol. The molecule has 2 unspecified atom stereocenters. The number of thiol groups is 2. The molecule has 50 valence electrons. The minimum atomic E-state index is 0.401. The van der Waals surface area contributed by atoms with E-state index < -0.39 is 0 Å². The molecule has 0 spiro atoms. The van der Waals surface area contributed by atoms with Crippen molar-refractivity contribution in [1.29, 1.82) is 0 Å². The molecule has 0 aromatic rings. The highest BCUT2D eigenvalue weighted by Gasteiger charge is 2.11. The van der Waals surface area contributed by atoms with Gasteiger partial charge in [0.1, 0.15) is 0 Å². The van der Waals surface area contributed by atoms with Gasteiger partial charge in [-0.25, -0.2) is 0 Å². The highest BCUT2D eigenvalue weighted by Crippen LogP contribution is 2.16. The number of hydrogen-bond acceptors (Lipinski definition) is 2. The van der Waals surface area contributed by atoms with E-state index in [0.29, 0.717) is 16.4 Å². The highest BCUT2D eigenvalue weighted by atomic mass is 32.1. The van der Waals surface area contributed by atoms with Gasteiger partial charge < -0.3 is 0 Å². The standard InChI is InChI=1S/C6H14S2/c1-4(2)6(8)5(3)7/h4-8H,1-3H3. The summed E-state index contributed by atoms with van der Waals surface area (Å²) in [5.41, 5.74) is 0. The van der Waals surface area contributed by atoms with E-state index in [-0.39, 0.29) is 0 Å². The summed E-state index contributed by atoms with van der Waals surface area (Å²) in [5.74, 6) is 0.630. The zero-order valence-electron chi connectivity index (χ0n) is 5.63. The van der Waals surface area contributed by atoms with E-state index in [0.717, 1.165) is 0 Å². The Balaban J connectivity index is 3.46. The minimum Gasteiger partial charge on any atom is -0.175 e. The van der Waals surface area contributed by atoms with Crippen LogP contribution in [0.3, 0.4) is 0 Å². The highest BCUT2D eigenvalue weighted by molar-refractivity contribution is 7.85. The molecule has 2 atom stereocenters. The van der Waals surface area contributed by atoms with Crippen molar-refractivity contribution in [3.8, 4) is 0 Å². The zero-order chi connectivity index (χ0) is 6.73. The van der Waals surface area contributed by atoms with Gasteiger partial charge >= 0.3 is 0 Å². The van der Waals surface area contributed by atoms with Gasteiger partial charge in [0.05, 0.1) is 0 Å². The average Bonchev–Trinajstić information content (AvgIpc) is 1.64. The van der Waals surface area contributed by atoms with Gasteiger partial charge in [-0.1, -0.05) is 20.8 Å². The molecule has 2 heteroatoms. The molecule has 0 heterocycles. The first-order valence-electron chi connectivity index (χ1n) is 2.92. The van der Waals surface area contributed by atoms with Gasteiger partial charge in [-0.3, -0.25) is 0 Å². The second-order valence-corrected chi connectivity index (χ2v) is 3.89. The van der Waals surface area contributed by atoms with Crippen molar-refractivity contribution in [1.82, 2.24) is 0 Å². The lowest BCUT2D eigenvalue weighted by molar-refractivity contribution is 0.607. The van der Waals surface area contributed by atoms with Crippen molar-refractivity contribution in [2.24, 2.45) is 5.92 Å². The van der Waals surface area contributed by atoms with Crippen LogP contribution in [0.5, 0.6) is 0 Å². The maximum absolute atomic E-state index is 4.34. The van der Waals surface area contributed by atoms with E-state index in [4.69, 9.17) is 0 Å². The Hall–Kier alpha value is 0.700. The molecule has 0 nitrogen and oxygen atoms in total. The molecule has 0 saturated heterocycles. The third-order valence-corrected chi connectivity index (χ3v) is 2.78. The molecule has 0 aromatic carbocycles. The fourth-order valence-corrected chi connectivity index (χ4v) is 0.901. The molecule has 0 fully saturated rings. The van der Waals surface area contributed by atoms with Crippen LogP contribution in [0.15, 0.2) is 0 Å². The van der Waals surface area contributed by atoms with Crippen molar-refractivity contribution in [2.75, 3.05) is 0 Å². The van der Waals surface area contributed by atoms with Gasteiger partial charge in [0, 0.05) is 10.5 Å². The number of rotatable bonds is 2. The monoisotopic (exact) mass is 150 g/mol. The molecule has 0 aliphatic heterocycles. The Labute approximate surface area is 62.9 Å². The lowest BCUT2D eigenvalue weighted by Gasteiger charge is -2.16. The van der Waals surface area contributed by atoms with E-state index in [9.17, 15) is 0 Å². The van der Waals surface area contributed by atoms with Crippen LogP contribution < -0.4 is 0 Å². The topological polar surface area (TPSA) is 0 Å². The second-order valence-electron chi connectivity index (χ2n) is 2.48. The lowest BCUT2D eigenvalue weighted by atomic mass is 10.1. The Morgan fingerprint density at radius 2 is 1.38 bits per heavy atom. The minimum absolute atomic E-state index is 0.401. The molecule has 8 heavy (non-hydrogen) atoms. The molecule has 0 saturated carbocycles. The largest absolute Gasteiger partial charge is 0.175 e. The van der Waals surface area contributed by atoms with Crippen LogP contribution in [0.25, 0.3) is 0 Å². The predicted molar refractivity (Wildman–Crippen MR) is 46.1 cm³/mol. The molecule has 0 aromatic heterocycles. The van der Waals surface area contributed by atoms with Crippen molar-refractivity contribution in [2.45, 2.75) is 31.3 Å². The first kappa shape index (κ1) is 8.70. The fourth-order valence-electron chi connectivity index (χ4n) is 0.557. The van der Waals surface area contributed by atoms with E-state index >= 15 is 0 Å². The number of hydrogen-bond donors (Lipinski definition) is 2. The molecule has 0 amide bonds. The van der Waals surface area contributed by atoms with Crippen LogP contribution in [0.1, 0.15) is 20.8 Å². The molecular weight excluding hydrogens is 136 g/mol. The van der Waals surface area contributed by atoms with Crippen LogP contribution in [-0.4, -0.2) is 10.5 Å². The molecule has 0 bridgehead atoms. The van der Waals surface area contributed by atoms with Crippen molar-refractivity contribution in [3.63, 3.8) is 0 Å². The smallest absolute Gasteiger partial charge is 0.0154 e. The molecule has 0 N–H and O–H groups in total. The summed E-state index contributed by atoms with van der Waals surface area (Å²) in [5, 5.41) is 0.830. The van der Waals surface area contributed by atoms with Crippen LogP contribution >= 0.6 is 25.3 Å². The summed E-state index contributed by atoms with van der Waals surface area (Å²) in [6.07, 6.45) is 0. The Kier molecular flexibility index (Phi) is 4.00. The quantitative estimate of drug-likeness (QED) is 0.554. The van der Waals surface area contributed by atoms with E-state index in [1.807, 2.05) is 0 Å². The van der Waals surface area contributed by atoms with Gasteiger partial charge in [0.15, 0.2) is 0 Å². The van der Waals surface area contributed by atoms with Crippen molar-refractivity contribution >= 4 is 25.3 Å². The molecule has 0 aliphatic rings. The van der Waals surface area contributed by atoms with Crippen molar-refractivity contribution in [3.05, 3.63) is 0 Å². The van der Waals surface area contributed by atoms with Gasteiger partial charge in [0.2, 0.25) is 0 Å². The van der Waals surface area contributed by atoms with Gasteiger partial charge in [-0.2, -0.15) is 25.3 Å². The molecular formula is C6H14S2. The summed E-state index contributed by atoms with van der Waals surface area (Å²) < 4.78 is 0. The first-order chi connectivity index (χ1) is 3.55. The maximum Gasteiger partial charge on any atom is 0.0154 e. The molecule has 0 aliphatic carbocycles. The lowest BCUT2D eigenvalue weighted by Crippen LogP contribution is -2.17. The zero-order valence-corrected chi connectivity index (χ0v) is 7.42. The van der Waals surface area contributed by atoms with E-state index in [2.05, 4.69) is 46.0 Å². The molecule has 0 rings (SSSR count). The Morgan fingerprint density at radius 1 is 1.00 bits per heavy atom. The summed E-state index contributed by atoms with van der Waals surface area (Å²) in [6, 6.07) is 0. The summed E-state index contributed by atoms with van der Waals surface area (Å²) in [4.78, 5) is 0. The molecule has 0 radical (unpaired) electrons. The third-order valence-electron chi connectivity index (χ3n) is 1.18. The van der Waals surface area contributed by atoms with Gasteiger partial charge in [-0.05, 0) is 5.92 Å². The Morgan fingerprint density at radius 3 is 1.38 bits per heavy atom. The predicted octanol–water partition coefficient (Wildman–Crippen LogP) is 2.26. The van der Waals surface area contributed by atoms with Crippen LogP contribution in [0.4, 0.5) is 0 Å². The van der Waals surface area contributed by atoms with Crippen LogP contribution in [-0.2, 0) is 0 Å². The van der Waals surface area contributed by atoms with E-state index in [1.165, 1.54) is 0 Å². The Bertz CT molecular complexity index is 51.5. The van der Waals surface area contributed by atoms with Crippen molar-refractivity contribution < 1.29 is 0 Å². The van der Waals surface area contributed by atoms with Gasteiger partial charge in [0.25, 0.3) is 0 Å². The summed E-state index contributed by atoms with van der Waals surface area (Å²) in [7, 11) is 0. The normalized spacial score (nSPS) is 18.8. The maximum atomic E-state index is 4.34. The van der Waals surface area contributed by atoms with Gasteiger partial charge in [-0.15, -0.1) is 0 Å². The van der Waals surface area contributed by atoms with Crippen LogP contribution in [0, 0.1) is 5.92 Å². The third kappa shape index (κ3) is 2.88. The SMILES string of the molecule is CC(C)C(S)C(C)S. The first-order valence-corrected chi connectivity index (χ1v) is 3.95. The fraction of sp³-hybridized carbons (Fsp3) is 1.00. The van der Waals surface area contributed by atoms with Crippen LogP contribution in [0.2, 0.25) is 0 Å². The second kappa shape index (κ2) is 3.67. The summed E-state index contributed by atoms with van der Waals surface area (Å²) >= 11 is 8.60.